The van der Waals surface area contributed by atoms with E-state index in [1.54, 1.807) is 11.9 Å². The zero-order chi connectivity index (χ0) is 7.40. The predicted octanol–water partition coefficient (Wildman–Crippen LogP) is -0.523. The van der Waals surface area contributed by atoms with Crippen LogP contribution >= 0.6 is 0 Å². The van der Waals surface area contributed by atoms with Gasteiger partial charge in [-0.3, -0.25) is 0 Å². The summed E-state index contributed by atoms with van der Waals surface area (Å²) in [5.74, 6) is 0. The lowest BCUT2D eigenvalue weighted by molar-refractivity contribution is 0.192. The molecule has 1 aliphatic heterocycles. The van der Waals surface area contributed by atoms with E-state index in [0.29, 0.717) is 0 Å². The minimum absolute atomic E-state index is 0. The third-order valence-electron chi connectivity index (χ3n) is 1.62. The summed E-state index contributed by atoms with van der Waals surface area (Å²) in [5.41, 5.74) is 0. The van der Waals surface area contributed by atoms with Crippen LogP contribution in [0.4, 0.5) is 4.79 Å². The molecule has 0 aromatic rings. The summed E-state index contributed by atoms with van der Waals surface area (Å²) in [4.78, 5) is 12.8. The van der Waals surface area contributed by atoms with E-state index >= 15 is 0 Å². The van der Waals surface area contributed by atoms with Crippen molar-refractivity contribution >= 4 is 6.03 Å². The minimum atomic E-state index is 0. The second-order valence-electron chi connectivity index (χ2n) is 2.29. The van der Waals surface area contributed by atoms with E-state index in [0.717, 1.165) is 26.2 Å². The van der Waals surface area contributed by atoms with Gasteiger partial charge in [-0.05, 0) is 0 Å². The Morgan fingerprint density at radius 1 is 1.60 bits per heavy atom. The topological polar surface area (TPSA) is 44.4 Å². The number of urea groups is 1. The Morgan fingerprint density at radius 2 is 2.20 bits per heavy atom. The number of carbonyl (C=O) groups is 1. The number of amides is 2. The van der Waals surface area contributed by atoms with Crippen molar-refractivity contribution in [2.24, 2.45) is 0 Å². The fourth-order valence-electron chi connectivity index (χ4n) is 1.03. The van der Waals surface area contributed by atoms with Gasteiger partial charge < -0.3 is 15.5 Å². The first-order valence-electron chi connectivity index (χ1n) is 3.52. The molecule has 0 bridgehead atoms. The zero-order valence-electron chi connectivity index (χ0n) is 6.18. The van der Waals surface area contributed by atoms with Crippen LogP contribution in [0.5, 0.6) is 0 Å². The first-order valence-corrected chi connectivity index (χ1v) is 3.52. The van der Waals surface area contributed by atoms with Crippen molar-refractivity contribution in [3.05, 3.63) is 0 Å². The van der Waals surface area contributed by atoms with Crippen molar-refractivity contribution in [2.75, 3.05) is 33.2 Å². The average molecular weight is 145 g/mol. The quantitative estimate of drug-likeness (QED) is 0.481. The van der Waals surface area contributed by atoms with Gasteiger partial charge in [-0.15, -0.1) is 0 Å². The van der Waals surface area contributed by atoms with Gasteiger partial charge in [0.15, 0.2) is 0 Å². The Balaban J connectivity index is 0.000001000. The number of nitrogens with one attached hydrogen (secondary N) is 2. The number of hydrogen-bond acceptors (Lipinski definition) is 2. The summed E-state index contributed by atoms with van der Waals surface area (Å²) in [7, 11) is 1.66. The Kier molecular flexibility index (Phi) is 2.50. The number of piperazine rings is 1. The van der Waals surface area contributed by atoms with Crippen molar-refractivity contribution in [1.29, 1.82) is 0 Å². The lowest BCUT2D eigenvalue weighted by Crippen LogP contribution is -2.49. The van der Waals surface area contributed by atoms with E-state index in [2.05, 4.69) is 10.6 Å². The number of rotatable bonds is 0. The summed E-state index contributed by atoms with van der Waals surface area (Å²) >= 11 is 0. The van der Waals surface area contributed by atoms with Crippen LogP contribution in [0, 0.1) is 0 Å². The molecule has 1 saturated heterocycles. The van der Waals surface area contributed by atoms with E-state index in [1.165, 1.54) is 0 Å². The second-order valence-corrected chi connectivity index (χ2v) is 2.29. The normalized spacial score (nSPS) is 18.7. The van der Waals surface area contributed by atoms with Crippen LogP contribution in [0.3, 0.4) is 0 Å². The molecule has 60 valence electrons. The highest BCUT2D eigenvalue weighted by Crippen LogP contribution is 1.90. The predicted molar refractivity (Wildman–Crippen MR) is 41.0 cm³/mol. The molecule has 2 amide bonds. The molecule has 1 fully saturated rings. The molecule has 1 heterocycles. The van der Waals surface area contributed by atoms with Gasteiger partial charge in [0.05, 0.1) is 0 Å². The van der Waals surface area contributed by atoms with E-state index in [9.17, 15) is 4.79 Å². The van der Waals surface area contributed by atoms with Crippen molar-refractivity contribution in [1.82, 2.24) is 15.5 Å². The molecule has 10 heavy (non-hydrogen) atoms. The Bertz CT molecular complexity index is 125. The van der Waals surface area contributed by atoms with Crippen LogP contribution in [0.1, 0.15) is 1.43 Å². The van der Waals surface area contributed by atoms with Crippen molar-refractivity contribution in [3.63, 3.8) is 0 Å². The van der Waals surface area contributed by atoms with E-state index < -0.39 is 0 Å². The maximum Gasteiger partial charge on any atom is 0.317 e. The van der Waals surface area contributed by atoms with Crippen LogP contribution in [-0.2, 0) is 0 Å². The molecule has 4 heteroatoms. The molecule has 0 aliphatic carbocycles. The molecule has 1 aliphatic rings. The van der Waals surface area contributed by atoms with E-state index in [1.807, 2.05) is 0 Å². The lowest BCUT2D eigenvalue weighted by Gasteiger charge is -2.26. The SMILES string of the molecule is CNC(=O)N1CCNCC1.[HH]. The molecule has 0 unspecified atom stereocenters. The Hall–Kier alpha value is -0.770. The first kappa shape index (κ1) is 7.34. The Labute approximate surface area is 62.1 Å². The van der Waals surface area contributed by atoms with Crippen molar-refractivity contribution in [3.8, 4) is 0 Å². The summed E-state index contributed by atoms with van der Waals surface area (Å²) < 4.78 is 0. The third-order valence-corrected chi connectivity index (χ3v) is 1.62. The zero-order valence-corrected chi connectivity index (χ0v) is 6.18. The van der Waals surface area contributed by atoms with Crippen molar-refractivity contribution < 1.29 is 6.22 Å². The van der Waals surface area contributed by atoms with Gasteiger partial charge in [0, 0.05) is 34.7 Å². The summed E-state index contributed by atoms with van der Waals surface area (Å²) in [6.45, 7) is 3.46. The molecule has 2 N–H and O–H groups in total. The van der Waals surface area contributed by atoms with Gasteiger partial charge in [0.2, 0.25) is 0 Å². The number of nitrogens with zero attached hydrogens (tertiary/aromatic N) is 1. The molecule has 0 aromatic carbocycles. The maximum absolute atomic E-state index is 11.0. The molecular formula is C6H15N3O. The molecule has 4 nitrogen and oxygen atoms in total. The highest BCUT2D eigenvalue weighted by molar-refractivity contribution is 5.73. The van der Waals surface area contributed by atoms with Crippen molar-refractivity contribution in [2.45, 2.75) is 0 Å². The van der Waals surface area contributed by atoms with E-state index in [-0.39, 0.29) is 7.46 Å². The number of carbonyl (C=O) groups excluding carboxylic acids is 1. The van der Waals surface area contributed by atoms with Crippen LogP contribution < -0.4 is 10.6 Å². The second kappa shape index (κ2) is 3.41. The molecule has 0 radical (unpaired) electrons. The minimum Gasteiger partial charge on any atom is -0.341 e. The summed E-state index contributed by atoms with van der Waals surface area (Å²) in [5, 5.41) is 5.77. The summed E-state index contributed by atoms with van der Waals surface area (Å²) in [6, 6.07) is 0.0292. The maximum atomic E-state index is 11.0. The molecule has 1 rings (SSSR count). The van der Waals surface area contributed by atoms with E-state index in [4.69, 9.17) is 0 Å². The first-order chi connectivity index (χ1) is 4.84. The smallest absolute Gasteiger partial charge is 0.317 e. The van der Waals surface area contributed by atoms with Crippen LogP contribution in [0.25, 0.3) is 0 Å². The van der Waals surface area contributed by atoms with Gasteiger partial charge in [-0.2, -0.15) is 0 Å². The molecule has 0 aromatic heterocycles. The van der Waals surface area contributed by atoms with Gasteiger partial charge in [-0.1, -0.05) is 0 Å². The molecule has 0 spiro atoms. The van der Waals surface area contributed by atoms with Gasteiger partial charge >= 0.3 is 6.03 Å². The van der Waals surface area contributed by atoms with Gasteiger partial charge in [0.1, 0.15) is 0 Å². The monoisotopic (exact) mass is 145 g/mol. The van der Waals surface area contributed by atoms with Crippen LogP contribution in [0.15, 0.2) is 0 Å². The lowest BCUT2D eigenvalue weighted by atomic mass is 10.4. The van der Waals surface area contributed by atoms with Crippen LogP contribution in [0.2, 0.25) is 0 Å². The third kappa shape index (κ3) is 1.60. The van der Waals surface area contributed by atoms with Gasteiger partial charge in [0.25, 0.3) is 0 Å². The standard InChI is InChI=1S/C6H13N3O.H2/c1-7-6(10)9-4-2-8-3-5-9;/h8H,2-5H2,1H3,(H,7,10);1H. The number of hydrogen-bond donors (Lipinski definition) is 2. The largest absolute Gasteiger partial charge is 0.341 e. The fourth-order valence-corrected chi connectivity index (χ4v) is 1.03. The highest BCUT2D eigenvalue weighted by Gasteiger charge is 2.13. The summed E-state index contributed by atoms with van der Waals surface area (Å²) in [6.07, 6.45) is 0. The highest BCUT2D eigenvalue weighted by atomic mass is 16.2. The molecule has 0 saturated carbocycles. The molecular weight excluding hydrogens is 130 g/mol. The fraction of sp³-hybridized carbons (Fsp3) is 0.833. The van der Waals surface area contributed by atoms with Gasteiger partial charge in [-0.25, -0.2) is 4.79 Å². The Morgan fingerprint density at radius 3 is 2.70 bits per heavy atom. The molecule has 0 atom stereocenters. The average Bonchev–Trinajstić information content (AvgIpc) is 2.05. The van der Waals surface area contributed by atoms with Crippen LogP contribution in [-0.4, -0.2) is 44.2 Å².